The lowest BCUT2D eigenvalue weighted by atomic mass is 9.85. The number of benzene rings is 1. The van der Waals surface area contributed by atoms with Gasteiger partial charge in [0.15, 0.2) is 5.78 Å². The van der Waals surface area contributed by atoms with Gasteiger partial charge in [-0.3, -0.25) is 9.59 Å². The maximum atomic E-state index is 12.7. The number of ketones is 2. The van der Waals surface area contributed by atoms with Gasteiger partial charge in [-0.2, -0.15) is 0 Å². The van der Waals surface area contributed by atoms with E-state index in [-0.39, 0.29) is 11.7 Å². The first-order valence-electron chi connectivity index (χ1n) is 7.99. The second kappa shape index (κ2) is 6.52. The van der Waals surface area contributed by atoms with Crippen molar-refractivity contribution in [2.75, 3.05) is 13.2 Å². The number of hydrogen-bond acceptors (Lipinski definition) is 3. The number of fused-ring (bicyclic) bond motifs is 1. The summed E-state index contributed by atoms with van der Waals surface area (Å²) in [6, 6.07) is 5.89. The van der Waals surface area contributed by atoms with Crippen LogP contribution < -0.4 is 0 Å². The van der Waals surface area contributed by atoms with Gasteiger partial charge in [-0.25, -0.2) is 0 Å². The van der Waals surface area contributed by atoms with Crippen molar-refractivity contribution in [3.8, 4) is 0 Å². The fourth-order valence-corrected chi connectivity index (χ4v) is 3.32. The molecule has 1 unspecified atom stereocenters. The molecule has 0 radical (unpaired) electrons. The minimum atomic E-state index is 0.0913. The van der Waals surface area contributed by atoms with Crippen LogP contribution in [0.4, 0.5) is 0 Å². The number of carbonyl (C=O) groups excluding carboxylic acids is 2. The van der Waals surface area contributed by atoms with E-state index in [1.54, 1.807) is 0 Å². The van der Waals surface area contributed by atoms with Crippen molar-refractivity contribution in [1.82, 2.24) is 0 Å². The van der Waals surface area contributed by atoms with Gasteiger partial charge in [-0.05, 0) is 42.9 Å². The van der Waals surface area contributed by atoms with Gasteiger partial charge in [0.25, 0.3) is 0 Å². The van der Waals surface area contributed by atoms with Crippen molar-refractivity contribution >= 4 is 11.6 Å². The SMILES string of the molecule is O=C1CCc2cc(C(=O)C3CCCCOCC3)ccc2C1. The average Bonchev–Trinajstić information content (AvgIpc) is 2.46. The Bertz CT molecular complexity index is 539. The topological polar surface area (TPSA) is 43.4 Å². The third-order valence-corrected chi connectivity index (χ3v) is 4.62. The van der Waals surface area contributed by atoms with Crippen molar-refractivity contribution in [3.63, 3.8) is 0 Å². The molecule has 1 aromatic carbocycles. The summed E-state index contributed by atoms with van der Waals surface area (Å²) < 4.78 is 5.50. The largest absolute Gasteiger partial charge is 0.381 e. The highest BCUT2D eigenvalue weighted by molar-refractivity contribution is 5.98. The first-order chi connectivity index (χ1) is 10.2. The molecule has 0 amide bonds. The summed E-state index contributed by atoms with van der Waals surface area (Å²) in [5, 5.41) is 0. The van der Waals surface area contributed by atoms with Crippen LogP contribution in [0.2, 0.25) is 0 Å². The molecule has 3 rings (SSSR count). The minimum Gasteiger partial charge on any atom is -0.381 e. The smallest absolute Gasteiger partial charge is 0.166 e. The zero-order valence-electron chi connectivity index (χ0n) is 12.4. The summed E-state index contributed by atoms with van der Waals surface area (Å²) in [5.41, 5.74) is 3.10. The molecule has 1 aromatic rings. The van der Waals surface area contributed by atoms with Crippen LogP contribution >= 0.6 is 0 Å². The van der Waals surface area contributed by atoms with E-state index in [1.165, 1.54) is 5.56 Å². The van der Waals surface area contributed by atoms with Gasteiger partial charge < -0.3 is 4.74 Å². The summed E-state index contributed by atoms with van der Waals surface area (Å²) in [6.45, 7) is 1.52. The molecule has 0 saturated carbocycles. The van der Waals surface area contributed by atoms with Crippen LogP contribution in [0.5, 0.6) is 0 Å². The lowest BCUT2D eigenvalue weighted by Crippen LogP contribution is -2.20. The molecule has 3 nitrogen and oxygen atoms in total. The molecule has 1 fully saturated rings. The molecule has 21 heavy (non-hydrogen) atoms. The second-order valence-corrected chi connectivity index (χ2v) is 6.16. The van der Waals surface area contributed by atoms with Crippen LogP contribution in [0.25, 0.3) is 0 Å². The molecule has 0 bridgehead atoms. The van der Waals surface area contributed by atoms with Gasteiger partial charge in [0.05, 0.1) is 0 Å². The maximum Gasteiger partial charge on any atom is 0.166 e. The normalized spacial score (nSPS) is 23.0. The number of aryl methyl sites for hydroxylation is 1. The first kappa shape index (κ1) is 14.5. The standard InChI is InChI=1S/C18H22O3/c19-17-7-6-14-11-16(5-4-15(14)12-17)18(20)13-3-1-2-9-21-10-8-13/h4-5,11,13H,1-3,6-10,12H2. The zero-order valence-corrected chi connectivity index (χ0v) is 12.4. The Kier molecular flexibility index (Phi) is 4.49. The van der Waals surface area contributed by atoms with Gasteiger partial charge in [0.1, 0.15) is 5.78 Å². The molecule has 1 saturated heterocycles. The quantitative estimate of drug-likeness (QED) is 0.784. The van der Waals surface area contributed by atoms with E-state index >= 15 is 0 Å². The predicted octanol–water partition coefficient (Wildman–Crippen LogP) is 3.13. The van der Waals surface area contributed by atoms with E-state index in [0.717, 1.165) is 49.8 Å². The Morgan fingerprint density at radius 2 is 1.95 bits per heavy atom. The van der Waals surface area contributed by atoms with Crippen LogP contribution in [-0.4, -0.2) is 24.8 Å². The number of ether oxygens (including phenoxy) is 1. The van der Waals surface area contributed by atoms with Gasteiger partial charge >= 0.3 is 0 Å². The van der Waals surface area contributed by atoms with E-state index in [9.17, 15) is 9.59 Å². The molecule has 1 aliphatic carbocycles. The fourth-order valence-electron chi connectivity index (χ4n) is 3.32. The molecular formula is C18H22O3. The molecule has 0 N–H and O–H groups in total. The van der Waals surface area contributed by atoms with Crippen molar-refractivity contribution < 1.29 is 14.3 Å². The fraction of sp³-hybridized carbons (Fsp3) is 0.556. The van der Waals surface area contributed by atoms with E-state index in [1.807, 2.05) is 18.2 Å². The van der Waals surface area contributed by atoms with Crippen LogP contribution in [-0.2, 0) is 22.4 Å². The second-order valence-electron chi connectivity index (χ2n) is 6.16. The lowest BCUT2D eigenvalue weighted by Gasteiger charge is -2.20. The maximum absolute atomic E-state index is 12.7. The van der Waals surface area contributed by atoms with Crippen molar-refractivity contribution in [3.05, 3.63) is 34.9 Å². The number of carbonyl (C=O) groups is 2. The number of hydrogen-bond donors (Lipinski definition) is 0. The highest BCUT2D eigenvalue weighted by atomic mass is 16.5. The Morgan fingerprint density at radius 3 is 2.86 bits per heavy atom. The molecule has 1 aliphatic heterocycles. The number of rotatable bonds is 2. The summed E-state index contributed by atoms with van der Waals surface area (Å²) in [6.07, 6.45) is 5.84. The molecule has 1 heterocycles. The van der Waals surface area contributed by atoms with Gasteiger partial charge in [-0.1, -0.05) is 18.6 Å². The Hall–Kier alpha value is -1.48. The predicted molar refractivity (Wildman–Crippen MR) is 80.6 cm³/mol. The van der Waals surface area contributed by atoms with Crippen molar-refractivity contribution in [2.45, 2.75) is 44.9 Å². The highest BCUT2D eigenvalue weighted by Crippen LogP contribution is 2.25. The summed E-state index contributed by atoms with van der Waals surface area (Å²) in [7, 11) is 0. The van der Waals surface area contributed by atoms with Crippen LogP contribution in [0.3, 0.4) is 0 Å². The number of Topliss-reactive ketones (excluding diaryl/α,β-unsaturated/α-hetero) is 2. The van der Waals surface area contributed by atoms with Gasteiger partial charge in [0.2, 0.25) is 0 Å². The average molecular weight is 286 g/mol. The van der Waals surface area contributed by atoms with E-state index in [4.69, 9.17) is 4.74 Å². The Balaban J connectivity index is 1.76. The molecule has 0 spiro atoms. The molecule has 1 atom stereocenters. The van der Waals surface area contributed by atoms with E-state index in [0.29, 0.717) is 25.2 Å². The monoisotopic (exact) mass is 286 g/mol. The van der Waals surface area contributed by atoms with Crippen molar-refractivity contribution in [2.24, 2.45) is 5.92 Å². The highest BCUT2D eigenvalue weighted by Gasteiger charge is 2.23. The molecule has 112 valence electrons. The molecule has 3 heteroatoms. The van der Waals surface area contributed by atoms with E-state index < -0.39 is 0 Å². The summed E-state index contributed by atoms with van der Waals surface area (Å²) in [5.74, 6) is 0.646. The van der Waals surface area contributed by atoms with Crippen LogP contribution in [0.1, 0.15) is 53.6 Å². The Labute approximate surface area is 125 Å². The lowest BCUT2D eigenvalue weighted by molar-refractivity contribution is -0.118. The summed E-state index contributed by atoms with van der Waals surface area (Å²) in [4.78, 5) is 24.2. The Morgan fingerprint density at radius 1 is 1.05 bits per heavy atom. The first-order valence-corrected chi connectivity index (χ1v) is 7.99. The van der Waals surface area contributed by atoms with E-state index in [2.05, 4.69) is 0 Å². The minimum absolute atomic E-state index is 0.0913. The summed E-state index contributed by atoms with van der Waals surface area (Å²) >= 11 is 0. The molecular weight excluding hydrogens is 264 g/mol. The zero-order chi connectivity index (χ0) is 14.7. The van der Waals surface area contributed by atoms with Gasteiger partial charge in [-0.15, -0.1) is 0 Å². The van der Waals surface area contributed by atoms with Gasteiger partial charge in [0, 0.05) is 37.5 Å². The third-order valence-electron chi connectivity index (χ3n) is 4.62. The molecule has 0 aromatic heterocycles. The third kappa shape index (κ3) is 3.41. The van der Waals surface area contributed by atoms with Crippen molar-refractivity contribution in [1.29, 1.82) is 0 Å². The van der Waals surface area contributed by atoms with Crippen LogP contribution in [0.15, 0.2) is 18.2 Å². The molecule has 2 aliphatic rings. The van der Waals surface area contributed by atoms with Crippen LogP contribution in [0, 0.1) is 5.92 Å².